The number of H-pyrrole nitrogens is 2. The first-order valence-electron chi connectivity index (χ1n) is 26.5. The molecule has 0 spiro atoms. The molecule has 0 aliphatic carbocycles. The van der Waals surface area contributed by atoms with Crippen molar-refractivity contribution >= 4 is 65.5 Å². The fraction of sp³-hybridized carbons (Fsp3) is 0.556. The highest BCUT2D eigenvalue weighted by Gasteiger charge is 2.45. The number of hydrogen-bond donors (Lipinski definition) is 4. The van der Waals surface area contributed by atoms with E-state index in [1.165, 1.54) is 52.7 Å². The molecule has 24 heteroatoms. The predicted octanol–water partition coefficient (Wildman–Crippen LogP) is 8.33. The van der Waals surface area contributed by atoms with E-state index in [-0.39, 0.29) is 47.8 Å². The van der Waals surface area contributed by atoms with Gasteiger partial charge in [-0.1, -0.05) is 13.1 Å². The molecule has 0 radical (unpaired) electrons. The van der Waals surface area contributed by atoms with Crippen LogP contribution in [0.25, 0.3) is 22.1 Å². The summed E-state index contributed by atoms with van der Waals surface area (Å²) in [6, 6.07) is 4.87. The number of rotatable bonds is 16. The Morgan fingerprint density at radius 2 is 1.17 bits per heavy atom. The summed E-state index contributed by atoms with van der Waals surface area (Å²) in [4.78, 5) is 76.0. The van der Waals surface area contributed by atoms with E-state index >= 15 is 17.6 Å². The van der Waals surface area contributed by atoms with Crippen LogP contribution >= 0.6 is 0 Å². The first-order chi connectivity index (χ1) is 37.3. The van der Waals surface area contributed by atoms with Crippen LogP contribution in [0.2, 0.25) is 25.2 Å². The van der Waals surface area contributed by atoms with Crippen molar-refractivity contribution in [1.29, 1.82) is 0 Å². The first-order valence-corrected chi connectivity index (χ1v) is 29.9. The average molecular weight is 1110 g/mol. The molecule has 4 amide bonds. The van der Waals surface area contributed by atoms with Crippen molar-refractivity contribution < 1.29 is 60.4 Å². The molecule has 4 saturated heterocycles. The van der Waals surface area contributed by atoms with Gasteiger partial charge in [0, 0.05) is 70.2 Å². The van der Waals surface area contributed by atoms with Gasteiger partial charge in [0.2, 0.25) is 11.8 Å². The number of nitrogens with zero attached hydrogens (tertiary/aromatic N) is 6. The van der Waals surface area contributed by atoms with E-state index < -0.39 is 104 Å². The number of aromatic amines is 2. The average Bonchev–Trinajstić information content (AvgIpc) is 4.35. The van der Waals surface area contributed by atoms with Crippen molar-refractivity contribution in [2.24, 2.45) is 5.92 Å². The molecule has 0 saturated carbocycles. The van der Waals surface area contributed by atoms with Gasteiger partial charge in [0.25, 0.3) is 0 Å². The monoisotopic (exact) mass is 1110 g/mol. The number of anilines is 2. The fourth-order valence-electron chi connectivity index (χ4n) is 11.9. The smallest absolute Gasteiger partial charge is 0.407 e. The Balaban J connectivity index is 1.08. The molecule has 6 heterocycles. The Morgan fingerprint density at radius 1 is 0.667 bits per heavy atom. The minimum atomic E-state index is -1.51. The molecule has 4 aliphatic heterocycles. The van der Waals surface area contributed by atoms with E-state index in [0.717, 1.165) is 12.1 Å². The number of carbonyl (C=O) groups excluding carboxylic acids is 4. The standard InChI is InChI=1S/C54H70F4N10O9Si/c1-28(74-4)46(63-53(71)76-6)51(69)66-14-10-11-44(66)49-59-38-22-32(34(55)24-40(38)61-49)42-12-13-43(68(42)31-20-36(57)48(37(58)21-31)65-15-17-78(8,9)18-16-65)33-23-39-41(25-35(33)56)62-50(60-39)45-19-30(27-73-3)26-67(45)52(70)47(29(2)75-5)64-54(72)77-7/h20-25,28-30,42-47H,10-19,26-27H2,1-9H3,(H,59,61)(H,60,62)(H,63,71)(H,64,72)/t28-,29-,30+,42+,43+,44+,45+,46+,47+/m1/s1. The van der Waals surface area contributed by atoms with Gasteiger partial charge in [-0.05, 0) is 94.4 Å². The van der Waals surface area contributed by atoms with Gasteiger partial charge in [-0.3, -0.25) is 9.59 Å². The van der Waals surface area contributed by atoms with E-state index in [2.05, 4.69) is 33.7 Å². The summed E-state index contributed by atoms with van der Waals surface area (Å²) in [6.45, 7) is 9.80. The molecular formula is C54H70F4N10O9Si. The van der Waals surface area contributed by atoms with Crippen molar-refractivity contribution in [2.75, 3.05) is 78.1 Å². The largest absolute Gasteiger partial charge is 0.453 e. The normalized spacial score (nSPS) is 23.0. The summed E-state index contributed by atoms with van der Waals surface area (Å²) >= 11 is 0. The highest BCUT2D eigenvalue weighted by Crippen LogP contribution is 2.50. The van der Waals surface area contributed by atoms with Crippen molar-refractivity contribution in [3.05, 3.63) is 82.4 Å². The van der Waals surface area contributed by atoms with Crippen LogP contribution in [-0.4, -0.2) is 154 Å². The Kier molecular flexibility index (Phi) is 16.6. The zero-order valence-electron chi connectivity index (χ0n) is 45.5. The van der Waals surface area contributed by atoms with E-state index in [1.54, 1.807) is 52.7 Å². The number of halogens is 4. The number of benzene rings is 3. The molecule has 2 aromatic heterocycles. The van der Waals surface area contributed by atoms with Crippen molar-refractivity contribution in [3.63, 3.8) is 0 Å². The summed E-state index contributed by atoms with van der Waals surface area (Å²) in [5, 5.41) is 5.17. The molecule has 5 aromatic rings. The first kappa shape index (κ1) is 56.2. The predicted molar refractivity (Wildman–Crippen MR) is 285 cm³/mol. The van der Waals surface area contributed by atoms with Gasteiger partial charge >= 0.3 is 12.2 Å². The summed E-state index contributed by atoms with van der Waals surface area (Å²) < 4.78 is 93.5. The number of nitrogens with one attached hydrogen (secondary N) is 4. The van der Waals surface area contributed by atoms with Gasteiger partial charge in [0.05, 0.1) is 87.3 Å². The second-order valence-corrected chi connectivity index (χ2v) is 27.1. The van der Waals surface area contributed by atoms with E-state index in [1.807, 2.05) is 0 Å². The molecule has 422 valence electrons. The van der Waals surface area contributed by atoms with E-state index in [0.29, 0.717) is 79.2 Å². The summed E-state index contributed by atoms with van der Waals surface area (Å²) in [5.74, 6) is -3.08. The lowest BCUT2D eigenvalue weighted by molar-refractivity contribution is -0.138. The zero-order chi connectivity index (χ0) is 55.9. The number of imidazole rings is 2. The number of likely N-dealkylation sites (tertiary alicyclic amines) is 2. The van der Waals surface area contributed by atoms with E-state index in [4.69, 9.17) is 33.7 Å². The molecule has 4 fully saturated rings. The summed E-state index contributed by atoms with van der Waals surface area (Å²) in [7, 11) is 5.30. The SMILES string of the molecule is COC[C@H]1C[C@@H](c2nc3cc([C@@H]4CC[C@@H](c5cc6nc([C@@H]7CCCN7C(=O)[C@@H](NC(=O)OC)[C@@H](C)OC)[nH]c6cc5F)N4c4cc(F)c(N5CC[Si](C)(C)CC5)c(F)c4)c(F)cc3[nH]2)N(C(=O)[C@@H](NC(=O)OC)[C@@H](C)OC)C1. The molecule has 19 nitrogen and oxygen atoms in total. The third-order valence-corrected chi connectivity index (χ3v) is 19.6. The van der Waals surface area contributed by atoms with Gasteiger partial charge in [-0.25, -0.2) is 37.1 Å². The fourth-order valence-corrected chi connectivity index (χ4v) is 13.9. The molecule has 9 rings (SSSR count). The number of fused-ring (bicyclic) bond motifs is 2. The Labute approximate surface area is 451 Å². The van der Waals surface area contributed by atoms with Crippen LogP contribution in [0.1, 0.15) is 92.9 Å². The topological polar surface area (TPSA) is 209 Å². The number of methoxy groups -OCH3 is 5. The molecule has 0 bridgehead atoms. The van der Waals surface area contributed by atoms with Crippen LogP contribution in [0.15, 0.2) is 36.4 Å². The summed E-state index contributed by atoms with van der Waals surface area (Å²) in [6.07, 6.45) is -1.00. The summed E-state index contributed by atoms with van der Waals surface area (Å²) in [5.41, 5.74) is 1.67. The van der Waals surface area contributed by atoms with Crippen LogP contribution in [0.5, 0.6) is 0 Å². The van der Waals surface area contributed by atoms with Gasteiger partial charge in [-0.2, -0.15) is 0 Å². The second kappa shape index (κ2) is 23.1. The van der Waals surface area contributed by atoms with Crippen LogP contribution in [-0.2, 0) is 33.3 Å². The maximum Gasteiger partial charge on any atom is 0.407 e. The van der Waals surface area contributed by atoms with Crippen LogP contribution < -0.4 is 20.4 Å². The number of aromatic nitrogens is 4. The third kappa shape index (κ3) is 11.1. The molecule has 78 heavy (non-hydrogen) atoms. The maximum absolute atomic E-state index is 17.1. The molecule has 4 N–H and O–H groups in total. The van der Waals surface area contributed by atoms with Crippen molar-refractivity contribution in [1.82, 2.24) is 40.4 Å². The Hall–Kier alpha value is -6.50. The number of amides is 4. The van der Waals surface area contributed by atoms with Crippen molar-refractivity contribution in [3.8, 4) is 0 Å². The minimum Gasteiger partial charge on any atom is -0.453 e. The third-order valence-electron chi connectivity index (χ3n) is 16.4. The maximum atomic E-state index is 17.1. The lowest BCUT2D eigenvalue weighted by Crippen LogP contribution is -2.54. The quantitative estimate of drug-likeness (QED) is 0.0542. The van der Waals surface area contributed by atoms with Crippen LogP contribution in [0.4, 0.5) is 38.5 Å². The van der Waals surface area contributed by atoms with Crippen molar-refractivity contribution in [2.45, 2.75) is 120 Å². The van der Waals surface area contributed by atoms with Gasteiger partial charge in [-0.15, -0.1) is 0 Å². The highest BCUT2D eigenvalue weighted by atomic mass is 28.3. The second-order valence-electron chi connectivity index (χ2n) is 21.8. The minimum absolute atomic E-state index is 0.0857. The zero-order valence-corrected chi connectivity index (χ0v) is 46.5. The molecule has 4 aliphatic rings. The highest BCUT2D eigenvalue weighted by molar-refractivity contribution is 6.77. The van der Waals surface area contributed by atoms with Gasteiger partial charge in [0.15, 0.2) is 11.6 Å². The number of ether oxygens (including phenoxy) is 5. The van der Waals surface area contributed by atoms with Crippen LogP contribution in [0.3, 0.4) is 0 Å². The Bertz CT molecular complexity index is 3020. The molecular weight excluding hydrogens is 1040 g/mol. The molecule has 0 unspecified atom stereocenters. The lowest BCUT2D eigenvalue weighted by atomic mass is 10.0. The van der Waals surface area contributed by atoms with Gasteiger partial charge < -0.3 is 63.9 Å². The van der Waals surface area contributed by atoms with E-state index in [9.17, 15) is 19.2 Å². The lowest BCUT2D eigenvalue weighted by Gasteiger charge is -2.38. The number of alkyl carbamates (subject to hydrolysis) is 2. The molecule has 9 atom stereocenters. The molecule has 3 aromatic carbocycles. The van der Waals surface area contributed by atoms with Crippen LogP contribution in [0, 0.1) is 29.2 Å². The Morgan fingerprint density at radius 3 is 1.65 bits per heavy atom. The number of carbonyl (C=O) groups is 4. The number of hydrogen-bond acceptors (Lipinski definition) is 13. The van der Waals surface area contributed by atoms with Gasteiger partial charge in [0.1, 0.15) is 41.1 Å².